The smallest absolute Gasteiger partial charge is 0.354 e. The Morgan fingerprint density at radius 3 is 2.14 bits per heavy atom. The normalized spacial score (nSPS) is 17.0. The van der Waals surface area contributed by atoms with Crippen LogP contribution >= 0.6 is 0 Å². The highest BCUT2D eigenvalue weighted by Crippen LogP contribution is 2.44. The highest BCUT2D eigenvalue weighted by Gasteiger charge is 2.61. The highest BCUT2D eigenvalue weighted by molar-refractivity contribution is 5.86. The molecule has 1 fully saturated rings. The van der Waals surface area contributed by atoms with E-state index in [1.807, 2.05) is 5.43 Å². The molecule has 9 heteroatoms. The van der Waals surface area contributed by atoms with Crippen LogP contribution in [-0.4, -0.2) is 22.5 Å². The molecule has 1 aromatic carbocycles. The molecule has 0 atom stereocenters. The van der Waals surface area contributed by atoms with Gasteiger partial charge < -0.3 is 5.11 Å². The number of carbonyl (C=O) groups is 1. The lowest BCUT2D eigenvalue weighted by molar-refractivity contribution is -0.215. The highest BCUT2D eigenvalue weighted by atomic mass is 19.3. The molecule has 3 N–H and O–H groups in total. The fraction of sp³-hybridized carbons (Fsp3) is 0.417. The van der Waals surface area contributed by atoms with Crippen LogP contribution < -0.4 is 10.9 Å². The topological polar surface area (TPSA) is 61.4 Å². The van der Waals surface area contributed by atoms with Crippen LogP contribution in [0.2, 0.25) is 0 Å². The first-order valence-electron chi connectivity index (χ1n) is 5.98. The number of benzene rings is 1. The van der Waals surface area contributed by atoms with Crippen molar-refractivity contribution in [2.75, 3.05) is 5.43 Å². The second-order valence-electron chi connectivity index (χ2n) is 4.79. The van der Waals surface area contributed by atoms with Gasteiger partial charge in [-0.15, -0.1) is 0 Å². The molecular formula is C12H11F5N2O2. The number of carbonyl (C=O) groups excluding carboxylic acids is 1. The Morgan fingerprint density at radius 2 is 1.71 bits per heavy atom. The third kappa shape index (κ3) is 2.65. The molecule has 0 bridgehead atoms. The minimum atomic E-state index is -4.06. The zero-order valence-electron chi connectivity index (χ0n) is 10.5. The van der Waals surface area contributed by atoms with Gasteiger partial charge in [0.15, 0.2) is 17.5 Å². The van der Waals surface area contributed by atoms with Gasteiger partial charge in [-0.25, -0.2) is 13.2 Å². The average Bonchev–Trinajstić information content (AvgIpc) is 2.38. The van der Waals surface area contributed by atoms with Gasteiger partial charge in [0.1, 0.15) is 5.60 Å². The summed E-state index contributed by atoms with van der Waals surface area (Å²) in [6.07, 6.45) is -0.0956. The third-order valence-corrected chi connectivity index (χ3v) is 3.35. The number of aliphatic hydroxyl groups is 1. The van der Waals surface area contributed by atoms with E-state index in [1.165, 1.54) is 5.43 Å². The standard InChI is InChI=1S/C12H11F5N2O2/c13-7-4-6(5-8(14)9(7)15)18-19-10(20)12(16,17)11(21)2-1-3-11/h4-5,18,21H,1-3H2,(H,19,20). The molecule has 1 aromatic rings. The molecule has 1 aliphatic carbocycles. The van der Waals surface area contributed by atoms with Crippen molar-refractivity contribution in [3.8, 4) is 0 Å². The quantitative estimate of drug-likeness (QED) is 0.453. The lowest BCUT2D eigenvalue weighted by Gasteiger charge is -2.41. The lowest BCUT2D eigenvalue weighted by atomic mass is 9.75. The van der Waals surface area contributed by atoms with Crippen molar-refractivity contribution in [3.63, 3.8) is 0 Å². The first kappa shape index (κ1) is 15.5. The van der Waals surface area contributed by atoms with Crippen molar-refractivity contribution in [2.24, 2.45) is 0 Å². The van der Waals surface area contributed by atoms with Crippen LogP contribution in [0.15, 0.2) is 12.1 Å². The molecule has 2 rings (SSSR count). The third-order valence-electron chi connectivity index (χ3n) is 3.35. The monoisotopic (exact) mass is 310 g/mol. The van der Waals surface area contributed by atoms with Gasteiger partial charge in [0, 0.05) is 12.1 Å². The summed E-state index contributed by atoms with van der Waals surface area (Å²) in [4.78, 5) is 11.4. The zero-order chi connectivity index (χ0) is 15.8. The van der Waals surface area contributed by atoms with Gasteiger partial charge >= 0.3 is 11.8 Å². The molecular weight excluding hydrogens is 299 g/mol. The van der Waals surface area contributed by atoms with Gasteiger partial charge in [-0.05, 0) is 19.3 Å². The number of hydrogen-bond acceptors (Lipinski definition) is 3. The molecule has 116 valence electrons. The van der Waals surface area contributed by atoms with Crippen LogP contribution in [-0.2, 0) is 4.79 Å². The van der Waals surface area contributed by atoms with E-state index in [9.17, 15) is 31.9 Å². The molecule has 1 aliphatic rings. The summed E-state index contributed by atoms with van der Waals surface area (Å²) < 4.78 is 65.8. The Kier molecular flexibility index (Phi) is 3.79. The number of nitrogens with one attached hydrogen (secondary N) is 2. The van der Waals surface area contributed by atoms with E-state index < -0.39 is 40.6 Å². The Morgan fingerprint density at radius 1 is 1.19 bits per heavy atom. The maximum absolute atomic E-state index is 13.7. The first-order chi connectivity index (χ1) is 9.67. The second-order valence-corrected chi connectivity index (χ2v) is 4.79. The second kappa shape index (κ2) is 5.14. The number of hydrogen-bond donors (Lipinski definition) is 3. The fourth-order valence-corrected chi connectivity index (χ4v) is 1.87. The summed E-state index contributed by atoms with van der Waals surface area (Å²) in [5.41, 5.74) is 0.495. The molecule has 0 heterocycles. The maximum Gasteiger partial charge on any atom is 0.354 e. The summed E-state index contributed by atoms with van der Waals surface area (Å²) in [5, 5.41) is 9.52. The van der Waals surface area contributed by atoms with Crippen molar-refractivity contribution in [3.05, 3.63) is 29.6 Å². The van der Waals surface area contributed by atoms with Gasteiger partial charge in [0.2, 0.25) is 0 Å². The van der Waals surface area contributed by atoms with Gasteiger partial charge in [-0.1, -0.05) is 0 Å². The van der Waals surface area contributed by atoms with Crippen LogP contribution in [0.5, 0.6) is 0 Å². The molecule has 1 saturated carbocycles. The van der Waals surface area contributed by atoms with Crippen LogP contribution in [0, 0.1) is 17.5 Å². The van der Waals surface area contributed by atoms with E-state index in [0.717, 1.165) is 0 Å². The molecule has 0 aromatic heterocycles. The SMILES string of the molecule is O=C(NNc1cc(F)c(F)c(F)c1)C(F)(F)C1(O)CCC1. The van der Waals surface area contributed by atoms with E-state index >= 15 is 0 Å². The summed E-state index contributed by atoms with van der Waals surface area (Å²) in [7, 11) is 0. The molecule has 4 nitrogen and oxygen atoms in total. The number of hydrazine groups is 1. The van der Waals surface area contributed by atoms with E-state index in [2.05, 4.69) is 0 Å². The Labute approximate surface area is 115 Å². The Bertz CT molecular complexity index is 552. The Hall–Kier alpha value is -1.90. The largest absolute Gasteiger partial charge is 0.383 e. The van der Waals surface area contributed by atoms with E-state index in [-0.39, 0.29) is 12.8 Å². The van der Waals surface area contributed by atoms with E-state index in [4.69, 9.17) is 0 Å². The van der Waals surface area contributed by atoms with E-state index in [1.54, 1.807) is 0 Å². The predicted octanol–water partition coefficient (Wildman–Crippen LogP) is 2.10. The zero-order valence-corrected chi connectivity index (χ0v) is 10.5. The number of anilines is 1. The van der Waals surface area contributed by atoms with Crippen molar-refractivity contribution < 1.29 is 31.9 Å². The van der Waals surface area contributed by atoms with Gasteiger partial charge in [-0.3, -0.25) is 15.6 Å². The minimum absolute atomic E-state index is 0.229. The molecule has 0 aliphatic heterocycles. The number of amides is 1. The molecule has 0 spiro atoms. The van der Waals surface area contributed by atoms with Gasteiger partial charge in [0.25, 0.3) is 0 Å². The van der Waals surface area contributed by atoms with Crippen molar-refractivity contribution in [1.29, 1.82) is 0 Å². The molecule has 0 saturated heterocycles. The summed E-state index contributed by atoms with van der Waals surface area (Å²) in [6, 6.07) is 0.962. The van der Waals surface area contributed by atoms with Crippen LogP contribution in [0.4, 0.5) is 27.6 Å². The summed E-state index contributed by atoms with van der Waals surface area (Å²) in [6.45, 7) is 0. The minimum Gasteiger partial charge on any atom is -0.383 e. The van der Waals surface area contributed by atoms with Crippen molar-refractivity contribution in [1.82, 2.24) is 5.43 Å². The summed E-state index contributed by atoms with van der Waals surface area (Å²) in [5.74, 6) is -10.7. The van der Waals surface area contributed by atoms with Gasteiger partial charge in [0.05, 0.1) is 5.69 Å². The predicted molar refractivity (Wildman–Crippen MR) is 61.8 cm³/mol. The number of alkyl halides is 2. The Balaban J connectivity index is 2.04. The van der Waals surface area contributed by atoms with Gasteiger partial charge in [-0.2, -0.15) is 8.78 Å². The molecule has 1 amide bonds. The van der Waals surface area contributed by atoms with Crippen LogP contribution in [0.1, 0.15) is 19.3 Å². The van der Waals surface area contributed by atoms with E-state index in [0.29, 0.717) is 18.6 Å². The number of rotatable bonds is 4. The fourth-order valence-electron chi connectivity index (χ4n) is 1.87. The lowest BCUT2D eigenvalue weighted by Crippen LogP contribution is -2.61. The van der Waals surface area contributed by atoms with Crippen LogP contribution in [0.25, 0.3) is 0 Å². The molecule has 0 radical (unpaired) electrons. The molecule has 0 unspecified atom stereocenters. The van der Waals surface area contributed by atoms with Crippen molar-refractivity contribution in [2.45, 2.75) is 30.8 Å². The first-order valence-corrected chi connectivity index (χ1v) is 5.98. The number of halogens is 5. The summed E-state index contributed by atoms with van der Waals surface area (Å²) >= 11 is 0. The molecule has 21 heavy (non-hydrogen) atoms. The maximum atomic E-state index is 13.7. The average molecular weight is 310 g/mol. The van der Waals surface area contributed by atoms with Crippen LogP contribution in [0.3, 0.4) is 0 Å². The van der Waals surface area contributed by atoms with Crippen molar-refractivity contribution >= 4 is 11.6 Å².